The molecule has 0 saturated heterocycles. The number of carbonyl (C=O) groups is 1. The fourth-order valence-electron chi connectivity index (χ4n) is 3.02. The Labute approximate surface area is 191 Å². The van der Waals surface area contributed by atoms with Gasteiger partial charge in [-0.1, -0.05) is 19.1 Å². The summed E-state index contributed by atoms with van der Waals surface area (Å²) in [6.07, 6.45) is 5.92. The number of hydrogen-bond donors (Lipinski definition) is 1. The van der Waals surface area contributed by atoms with Crippen molar-refractivity contribution in [3.63, 3.8) is 0 Å². The first kappa shape index (κ1) is 21.9. The summed E-state index contributed by atoms with van der Waals surface area (Å²) < 4.78 is 19.7. The third-order valence-corrected chi connectivity index (χ3v) is 4.88. The molecule has 33 heavy (non-hydrogen) atoms. The average Bonchev–Trinajstić information content (AvgIpc) is 3.52. The van der Waals surface area contributed by atoms with Gasteiger partial charge in [0.05, 0.1) is 25.2 Å². The van der Waals surface area contributed by atoms with Crippen molar-refractivity contribution in [3.8, 4) is 17.2 Å². The van der Waals surface area contributed by atoms with Crippen molar-refractivity contribution in [1.82, 2.24) is 19.6 Å². The summed E-state index contributed by atoms with van der Waals surface area (Å²) in [5.74, 6) is 1.85. The maximum absolute atomic E-state index is 12.5. The highest BCUT2D eigenvalue weighted by Gasteiger charge is 2.11. The molecule has 0 aliphatic heterocycles. The molecule has 0 aliphatic rings. The Morgan fingerprint density at radius 1 is 0.909 bits per heavy atom. The van der Waals surface area contributed by atoms with E-state index in [1.165, 1.54) is 5.56 Å². The third kappa shape index (κ3) is 5.91. The lowest BCUT2D eigenvalue weighted by Gasteiger charge is -2.07. The van der Waals surface area contributed by atoms with Gasteiger partial charge in [-0.05, 0) is 54.4 Å². The molecule has 2 aromatic heterocycles. The molecule has 4 rings (SSSR count). The van der Waals surface area contributed by atoms with Gasteiger partial charge >= 0.3 is 0 Å². The Bertz CT molecular complexity index is 1180. The number of nitrogens with one attached hydrogen (secondary N) is 1. The lowest BCUT2D eigenvalue weighted by molar-refractivity contribution is 0.102. The molecule has 0 saturated carbocycles. The molecule has 170 valence electrons. The Hall–Kier alpha value is -4.27. The van der Waals surface area contributed by atoms with E-state index in [0.717, 1.165) is 17.9 Å². The van der Waals surface area contributed by atoms with E-state index < -0.39 is 0 Å². The number of aromatic nitrogens is 4. The number of aryl methyl sites for hydroxylation is 1. The minimum Gasteiger partial charge on any atom is -0.497 e. The van der Waals surface area contributed by atoms with Crippen LogP contribution in [0.2, 0.25) is 0 Å². The van der Waals surface area contributed by atoms with E-state index in [9.17, 15) is 4.79 Å². The van der Waals surface area contributed by atoms with Crippen molar-refractivity contribution in [2.45, 2.75) is 26.8 Å². The number of methoxy groups -OCH3 is 1. The molecule has 0 fully saturated rings. The van der Waals surface area contributed by atoms with E-state index in [0.29, 0.717) is 11.4 Å². The van der Waals surface area contributed by atoms with Crippen LogP contribution in [0.4, 0.5) is 5.69 Å². The molecule has 0 bridgehead atoms. The van der Waals surface area contributed by atoms with Crippen molar-refractivity contribution >= 4 is 11.6 Å². The summed E-state index contributed by atoms with van der Waals surface area (Å²) in [4.78, 5) is 12.5. The van der Waals surface area contributed by atoms with E-state index in [2.05, 4.69) is 22.4 Å². The highest BCUT2D eigenvalue weighted by Crippen LogP contribution is 2.17. The predicted octanol–water partition coefficient (Wildman–Crippen LogP) is 3.98. The number of anilines is 1. The van der Waals surface area contributed by atoms with Gasteiger partial charge in [-0.15, -0.1) is 0 Å². The fraction of sp³-hybridized carbons (Fsp3) is 0.208. The van der Waals surface area contributed by atoms with Crippen LogP contribution in [0.5, 0.6) is 17.2 Å². The summed E-state index contributed by atoms with van der Waals surface area (Å²) in [7, 11) is 1.61. The van der Waals surface area contributed by atoms with Gasteiger partial charge < -0.3 is 19.5 Å². The first-order chi connectivity index (χ1) is 16.1. The molecule has 0 radical (unpaired) electrons. The van der Waals surface area contributed by atoms with E-state index >= 15 is 0 Å². The molecule has 2 aromatic carbocycles. The summed E-state index contributed by atoms with van der Waals surface area (Å²) in [6.45, 7) is 2.52. The second kappa shape index (κ2) is 10.4. The van der Waals surface area contributed by atoms with Gasteiger partial charge in [-0.2, -0.15) is 10.2 Å². The van der Waals surface area contributed by atoms with Crippen LogP contribution in [0.25, 0.3) is 0 Å². The number of amides is 1. The van der Waals surface area contributed by atoms with Gasteiger partial charge in [-0.25, -0.2) is 9.36 Å². The van der Waals surface area contributed by atoms with Gasteiger partial charge in [0.15, 0.2) is 19.2 Å². The zero-order valence-electron chi connectivity index (χ0n) is 18.5. The fourth-order valence-corrected chi connectivity index (χ4v) is 3.02. The van der Waals surface area contributed by atoms with Gasteiger partial charge in [0.2, 0.25) is 0 Å². The highest BCUT2D eigenvalue weighted by atomic mass is 16.5. The van der Waals surface area contributed by atoms with Crippen molar-refractivity contribution in [2.75, 3.05) is 12.4 Å². The largest absolute Gasteiger partial charge is 0.497 e. The molecular formula is C24H25N5O4. The van der Waals surface area contributed by atoms with Gasteiger partial charge in [0.1, 0.15) is 17.2 Å². The zero-order valence-corrected chi connectivity index (χ0v) is 18.5. The molecule has 0 aliphatic carbocycles. The molecule has 2 heterocycles. The monoisotopic (exact) mass is 447 g/mol. The maximum atomic E-state index is 12.5. The summed E-state index contributed by atoms with van der Waals surface area (Å²) in [5.41, 5.74) is 2.07. The van der Waals surface area contributed by atoms with Gasteiger partial charge in [-0.3, -0.25) is 4.79 Å². The van der Waals surface area contributed by atoms with E-state index in [4.69, 9.17) is 14.2 Å². The Morgan fingerprint density at radius 3 is 2.21 bits per heavy atom. The van der Waals surface area contributed by atoms with Crippen molar-refractivity contribution in [3.05, 3.63) is 84.4 Å². The number of hydrogen-bond acceptors (Lipinski definition) is 6. The lowest BCUT2D eigenvalue weighted by atomic mass is 10.2. The van der Waals surface area contributed by atoms with Crippen LogP contribution >= 0.6 is 0 Å². The summed E-state index contributed by atoms with van der Waals surface area (Å²) in [5, 5.41) is 11.3. The Morgan fingerprint density at radius 2 is 1.55 bits per heavy atom. The van der Waals surface area contributed by atoms with Gasteiger partial charge in [0.25, 0.3) is 5.91 Å². The normalized spacial score (nSPS) is 10.6. The summed E-state index contributed by atoms with van der Waals surface area (Å²) in [6, 6.07) is 16.8. The number of carbonyl (C=O) groups excluding carboxylic acids is 1. The van der Waals surface area contributed by atoms with Crippen LogP contribution in [-0.2, 0) is 19.9 Å². The number of rotatable bonds is 10. The molecule has 1 N–H and O–H groups in total. The molecule has 0 atom stereocenters. The minimum atomic E-state index is -0.339. The van der Waals surface area contributed by atoms with Crippen LogP contribution < -0.4 is 19.5 Å². The second-order valence-electron chi connectivity index (χ2n) is 7.18. The number of nitrogens with zero attached hydrogens (tertiary/aromatic N) is 4. The maximum Gasteiger partial charge on any atom is 0.276 e. The van der Waals surface area contributed by atoms with Crippen LogP contribution in [0.15, 0.2) is 73.2 Å². The molecule has 9 heteroatoms. The lowest BCUT2D eigenvalue weighted by Crippen LogP contribution is -2.14. The molecule has 0 spiro atoms. The Balaban J connectivity index is 1.27. The second-order valence-corrected chi connectivity index (χ2v) is 7.18. The van der Waals surface area contributed by atoms with Crippen molar-refractivity contribution in [1.29, 1.82) is 0 Å². The van der Waals surface area contributed by atoms with Crippen LogP contribution in [-0.4, -0.2) is 32.6 Å². The summed E-state index contributed by atoms with van der Waals surface area (Å²) >= 11 is 0. The van der Waals surface area contributed by atoms with Crippen LogP contribution in [0.1, 0.15) is 23.0 Å². The van der Waals surface area contributed by atoms with Crippen LogP contribution in [0, 0.1) is 0 Å². The van der Waals surface area contributed by atoms with E-state index in [1.54, 1.807) is 53.3 Å². The Kier molecular flexibility index (Phi) is 6.89. The third-order valence-electron chi connectivity index (χ3n) is 4.88. The number of ether oxygens (including phenoxy) is 3. The van der Waals surface area contributed by atoms with Crippen molar-refractivity contribution in [2.24, 2.45) is 0 Å². The molecule has 4 aromatic rings. The van der Waals surface area contributed by atoms with Crippen molar-refractivity contribution < 1.29 is 19.0 Å². The van der Waals surface area contributed by atoms with Gasteiger partial charge in [0, 0.05) is 6.20 Å². The van der Waals surface area contributed by atoms with E-state index in [1.807, 2.05) is 36.4 Å². The first-order valence-electron chi connectivity index (χ1n) is 10.5. The topological polar surface area (TPSA) is 92.4 Å². The number of benzene rings is 2. The first-order valence-corrected chi connectivity index (χ1v) is 10.5. The molecule has 1 amide bonds. The highest BCUT2D eigenvalue weighted by molar-refractivity contribution is 6.02. The quantitative estimate of drug-likeness (QED) is 0.395. The smallest absolute Gasteiger partial charge is 0.276 e. The standard InChI is InChI=1S/C24H25N5O4/c1-3-18-4-6-21(7-5-18)33-17-29-15-19(14-25-29)26-24(30)23-12-13-28(27-23)16-32-22-10-8-20(31-2)9-11-22/h4-15H,3,16-17H2,1-2H3,(H,26,30). The minimum absolute atomic E-state index is 0.175. The predicted molar refractivity (Wildman–Crippen MR) is 122 cm³/mol. The zero-order chi connectivity index (χ0) is 23.0. The van der Waals surface area contributed by atoms with Crippen LogP contribution in [0.3, 0.4) is 0 Å². The van der Waals surface area contributed by atoms with E-state index in [-0.39, 0.29) is 25.1 Å². The SMILES string of the molecule is CCc1ccc(OCn2cc(NC(=O)c3ccn(COc4ccc(OC)cc4)n3)cn2)cc1. The average molecular weight is 447 g/mol. The molecule has 0 unspecified atom stereocenters. The molecule has 9 nitrogen and oxygen atoms in total. The molecular weight excluding hydrogens is 422 g/mol.